The van der Waals surface area contributed by atoms with E-state index in [9.17, 15) is 9.59 Å². The van der Waals surface area contributed by atoms with Crippen LogP contribution in [-0.4, -0.2) is 39.0 Å². The summed E-state index contributed by atoms with van der Waals surface area (Å²) in [4.78, 5) is 31.4. The molecule has 0 N–H and O–H groups in total. The molecule has 1 aliphatic rings. The second-order valence-corrected chi connectivity index (χ2v) is 8.46. The predicted molar refractivity (Wildman–Crippen MR) is 128 cm³/mol. The summed E-state index contributed by atoms with van der Waals surface area (Å²) in [5.74, 6) is 1.37. The van der Waals surface area contributed by atoms with Crippen LogP contribution >= 0.6 is 11.3 Å². The molecular formula is C25H24N2O6S. The molecule has 2 aromatic carbocycles. The summed E-state index contributed by atoms with van der Waals surface area (Å²) in [6.07, 6.45) is 1.74. The first-order valence-electron chi connectivity index (χ1n) is 10.4. The van der Waals surface area contributed by atoms with Gasteiger partial charge < -0.3 is 18.9 Å². The predicted octanol–water partition coefficient (Wildman–Crippen LogP) is 2.43. The molecule has 0 saturated carbocycles. The zero-order chi connectivity index (χ0) is 24.4. The van der Waals surface area contributed by atoms with Gasteiger partial charge in [0.2, 0.25) is 0 Å². The molecule has 0 fully saturated rings. The molecule has 8 nitrogen and oxygen atoms in total. The van der Waals surface area contributed by atoms with Gasteiger partial charge in [-0.2, -0.15) is 0 Å². The Labute approximate surface area is 200 Å². The number of benzene rings is 2. The van der Waals surface area contributed by atoms with Gasteiger partial charge in [0, 0.05) is 5.56 Å². The summed E-state index contributed by atoms with van der Waals surface area (Å²) in [5.41, 5.74) is 1.97. The molecule has 0 amide bonds. The first-order chi connectivity index (χ1) is 16.4. The average molecular weight is 481 g/mol. The SMILES string of the molecule is COC(=O)C1=C(C)N=c2s/c(=C\c3cc(OC)ccc3OC)c(=O)n2[C@H]1c1ccc(OC)cc1. The number of aromatic nitrogens is 1. The Morgan fingerprint density at radius 1 is 1.00 bits per heavy atom. The van der Waals surface area contributed by atoms with Crippen molar-refractivity contribution in [2.75, 3.05) is 28.4 Å². The molecule has 0 radical (unpaired) electrons. The second-order valence-electron chi connectivity index (χ2n) is 7.45. The standard InChI is InChI=1S/C25H24N2O6S/c1-14-21(24(29)33-5)22(15-6-8-17(30-2)9-7-15)27-23(28)20(34-25(27)26-14)13-16-12-18(31-3)10-11-19(16)32-4/h6-13,22H,1-5H3/b20-13-/t22-/m0/s1. The normalized spacial score (nSPS) is 15.4. The topological polar surface area (TPSA) is 88.4 Å². The molecule has 0 saturated heterocycles. The number of hydrogen-bond acceptors (Lipinski definition) is 8. The van der Waals surface area contributed by atoms with E-state index in [1.165, 1.54) is 23.0 Å². The minimum atomic E-state index is -0.691. The molecule has 0 unspecified atom stereocenters. The van der Waals surface area contributed by atoms with Gasteiger partial charge in [-0.3, -0.25) is 9.36 Å². The largest absolute Gasteiger partial charge is 0.497 e. The van der Waals surface area contributed by atoms with Crippen LogP contribution < -0.4 is 29.1 Å². The molecule has 2 heterocycles. The summed E-state index contributed by atoms with van der Waals surface area (Å²) in [6.45, 7) is 1.74. The molecule has 3 aromatic rings. The molecule has 9 heteroatoms. The summed E-state index contributed by atoms with van der Waals surface area (Å²) in [7, 11) is 6.03. The monoisotopic (exact) mass is 480 g/mol. The molecule has 0 spiro atoms. The van der Waals surface area contributed by atoms with Gasteiger partial charge in [0.1, 0.15) is 17.2 Å². The molecule has 1 aromatic heterocycles. The van der Waals surface area contributed by atoms with Crippen molar-refractivity contribution in [2.24, 2.45) is 4.99 Å². The first-order valence-corrected chi connectivity index (χ1v) is 11.2. The zero-order valence-electron chi connectivity index (χ0n) is 19.4. The van der Waals surface area contributed by atoms with Gasteiger partial charge in [-0.05, 0) is 48.9 Å². The fourth-order valence-corrected chi connectivity index (χ4v) is 4.93. The number of fused-ring (bicyclic) bond motifs is 1. The molecular weight excluding hydrogens is 456 g/mol. The molecule has 1 aliphatic heterocycles. The van der Waals surface area contributed by atoms with Crippen LogP contribution in [0.4, 0.5) is 0 Å². The van der Waals surface area contributed by atoms with Crippen LogP contribution in [-0.2, 0) is 9.53 Å². The number of nitrogens with zero attached hydrogens (tertiary/aromatic N) is 2. The third-order valence-electron chi connectivity index (χ3n) is 5.58. The van der Waals surface area contributed by atoms with E-state index in [-0.39, 0.29) is 5.56 Å². The highest BCUT2D eigenvalue weighted by atomic mass is 32.1. The van der Waals surface area contributed by atoms with Gasteiger partial charge >= 0.3 is 5.97 Å². The highest BCUT2D eigenvalue weighted by Crippen LogP contribution is 2.31. The minimum Gasteiger partial charge on any atom is -0.497 e. The Kier molecular flexibility index (Phi) is 6.56. The van der Waals surface area contributed by atoms with Crippen LogP contribution in [0.3, 0.4) is 0 Å². The van der Waals surface area contributed by atoms with E-state index in [1.54, 1.807) is 64.7 Å². The van der Waals surface area contributed by atoms with Gasteiger partial charge in [-0.25, -0.2) is 9.79 Å². The van der Waals surface area contributed by atoms with Crippen LogP contribution in [0.25, 0.3) is 6.08 Å². The number of rotatable bonds is 6. The lowest BCUT2D eigenvalue weighted by molar-refractivity contribution is -0.136. The maximum atomic E-state index is 13.7. The maximum absolute atomic E-state index is 13.7. The second kappa shape index (κ2) is 9.56. The Morgan fingerprint density at radius 3 is 2.29 bits per heavy atom. The highest BCUT2D eigenvalue weighted by molar-refractivity contribution is 7.07. The summed E-state index contributed by atoms with van der Waals surface area (Å²) < 4.78 is 23.1. The lowest BCUT2D eigenvalue weighted by Crippen LogP contribution is -2.39. The Balaban J connectivity index is 1.96. The van der Waals surface area contributed by atoms with E-state index in [4.69, 9.17) is 18.9 Å². The number of thiazole rings is 1. The molecule has 0 aliphatic carbocycles. The van der Waals surface area contributed by atoms with Crippen molar-refractivity contribution in [3.05, 3.63) is 84.5 Å². The van der Waals surface area contributed by atoms with E-state index < -0.39 is 12.0 Å². The van der Waals surface area contributed by atoms with Gasteiger partial charge in [-0.15, -0.1) is 0 Å². The Bertz CT molecular complexity index is 1450. The fourth-order valence-electron chi connectivity index (χ4n) is 3.89. The van der Waals surface area contributed by atoms with Crippen molar-refractivity contribution < 1.29 is 23.7 Å². The first kappa shape index (κ1) is 23.3. The number of allylic oxidation sites excluding steroid dienone is 1. The quantitative estimate of drug-likeness (QED) is 0.504. The van der Waals surface area contributed by atoms with Gasteiger partial charge in [0.05, 0.1) is 50.3 Å². The number of methoxy groups -OCH3 is 4. The number of esters is 1. The van der Waals surface area contributed by atoms with Gasteiger partial charge in [-0.1, -0.05) is 23.5 Å². The summed E-state index contributed by atoms with van der Waals surface area (Å²) >= 11 is 1.24. The number of hydrogen-bond donors (Lipinski definition) is 0. The van der Waals surface area contributed by atoms with E-state index in [1.807, 2.05) is 12.1 Å². The third-order valence-corrected chi connectivity index (χ3v) is 6.56. The van der Waals surface area contributed by atoms with E-state index in [0.717, 1.165) is 5.56 Å². The van der Waals surface area contributed by atoms with Crippen molar-refractivity contribution in [3.8, 4) is 17.2 Å². The van der Waals surface area contributed by atoms with Crippen molar-refractivity contribution in [3.63, 3.8) is 0 Å². The smallest absolute Gasteiger partial charge is 0.338 e. The van der Waals surface area contributed by atoms with Gasteiger partial charge in [0.15, 0.2) is 4.80 Å². The van der Waals surface area contributed by atoms with Gasteiger partial charge in [0.25, 0.3) is 5.56 Å². The van der Waals surface area contributed by atoms with Crippen LogP contribution in [0.15, 0.2) is 63.5 Å². The summed E-state index contributed by atoms with van der Waals surface area (Å²) in [6, 6.07) is 11.9. The molecule has 0 bridgehead atoms. The van der Waals surface area contributed by atoms with Crippen LogP contribution in [0.2, 0.25) is 0 Å². The third kappa shape index (κ3) is 4.10. The number of ether oxygens (including phenoxy) is 4. The van der Waals surface area contributed by atoms with E-state index >= 15 is 0 Å². The van der Waals surface area contributed by atoms with Crippen LogP contribution in [0.1, 0.15) is 24.1 Å². The van der Waals surface area contributed by atoms with E-state index in [0.29, 0.717) is 43.4 Å². The molecule has 34 heavy (non-hydrogen) atoms. The number of carbonyl (C=O) groups is 1. The van der Waals surface area contributed by atoms with Crippen LogP contribution in [0, 0.1) is 0 Å². The van der Waals surface area contributed by atoms with Crippen LogP contribution in [0.5, 0.6) is 17.2 Å². The van der Waals surface area contributed by atoms with E-state index in [2.05, 4.69) is 4.99 Å². The van der Waals surface area contributed by atoms with Crippen molar-refractivity contribution in [2.45, 2.75) is 13.0 Å². The Morgan fingerprint density at radius 2 is 1.68 bits per heavy atom. The molecule has 176 valence electrons. The maximum Gasteiger partial charge on any atom is 0.338 e. The van der Waals surface area contributed by atoms with Crippen molar-refractivity contribution in [1.29, 1.82) is 0 Å². The lowest BCUT2D eigenvalue weighted by atomic mass is 9.96. The number of carbonyl (C=O) groups excluding carboxylic acids is 1. The molecule has 4 rings (SSSR count). The zero-order valence-corrected chi connectivity index (χ0v) is 20.3. The fraction of sp³-hybridized carbons (Fsp3) is 0.240. The lowest BCUT2D eigenvalue weighted by Gasteiger charge is -2.24. The summed E-state index contributed by atoms with van der Waals surface area (Å²) in [5, 5.41) is 0. The van der Waals surface area contributed by atoms with Crippen molar-refractivity contribution in [1.82, 2.24) is 4.57 Å². The highest BCUT2D eigenvalue weighted by Gasteiger charge is 2.33. The minimum absolute atomic E-state index is 0.275. The average Bonchev–Trinajstić information content (AvgIpc) is 3.16. The molecule has 1 atom stereocenters. The Hall–Kier alpha value is -3.85. The van der Waals surface area contributed by atoms with Crippen molar-refractivity contribution >= 4 is 23.4 Å².